The highest BCUT2D eigenvalue weighted by Gasteiger charge is 2.10. The second kappa shape index (κ2) is 6.51. The van der Waals surface area contributed by atoms with Crippen molar-refractivity contribution in [2.24, 2.45) is 0 Å². The van der Waals surface area contributed by atoms with Crippen molar-refractivity contribution in [2.75, 3.05) is 5.32 Å². The lowest BCUT2D eigenvalue weighted by Crippen LogP contribution is -2.13. The maximum atomic E-state index is 12.6. The van der Waals surface area contributed by atoms with Crippen molar-refractivity contribution in [2.45, 2.75) is 6.92 Å². The summed E-state index contributed by atoms with van der Waals surface area (Å²) in [6, 6.07) is 12.5. The fourth-order valence-electron chi connectivity index (χ4n) is 2.53. The van der Waals surface area contributed by atoms with E-state index in [2.05, 4.69) is 36.4 Å². The summed E-state index contributed by atoms with van der Waals surface area (Å²) in [5.41, 5.74) is 3.65. The summed E-state index contributed by atoms with van der Waals surface area (Å²) in [5, 5.41) is 25.0. The molecule has 4 aromatic rings. The molecule has 0 radical (unpaired) electrons. The molecule has 0 atom stereocenters. The first-order chi connectivity index (χ1) is 12.7. The molecule has 0 aliphatic heterocycles. The molecule has 4 rings (SSSR count). The van der Waals surface area contributed by atoms with Gasteiger partial charge in [0.1, 0.15) is 12.7 Å². The minimum Gasteiger partial charge on any atom is -0.322 e. The Labute approximate surface area is 147 Å². The van der Waals surface area contributed by atoms with Crippen LogP contribution in [0.5, 0.6) is 0 Å². The fraction of sp³-hybridized carbons (Fsp3) is 0.0625. The molecule has 0 bridgehead atoms. The lowest BCUT2D eigenvalue weighted by atomic mass is 10.1. The maximum Gasteiger partial charge on any atom is 0.255 e. The number of hydrogen-bond acceptors (Lipinski definition) is 7. The number of anilines is 1. The summed E-state index contributed by atoms with van der Waals surface area (Å²) in [6.07, 6.45) is 2.99. The number of nitrogens with zero attached hydrogens (tertiary/aromatic N) is 8. The molecule has 1 N–H and O–H groups in total. The number of amides is 1. The molecule has 2 heterocycles. The fourth-order valence-corrected chi connectivity index (χ4v) is 2.53. The van der Waals surface area contributed by atoms with Crippen LogP contribution in [-0.2, 0) is 0 Å². The van der Waals surface area contributed by atoms with Crippen molar-refractivity contribution in [3.05, 3.63) is 66.2 Å². The Bertz CT molecular complexity index is 1040. The smallest absolute Gasteiger partial charge is 0.255 e. The lowest BCUT2D eigenvalue weighted by Gasteiger charge is -2.10. The summed E-state index contributed by atoms with van der Waals surface area (Å²) in [6.45, 7) is 1.92. The zero-order valence-corrected chi connectivity index (χ0v) is 13.7. The number of nitrogens with one attached hydrogen (secondary N) is 1. The van der Waals surface area contributed by atoms with Crippen LogP contribution in [-0.4, -0.2) is 46.3 Å². The molecular weight excluding hydrogens is 334 g/mol. The second-order valence-electron chi connectivity index (χ2n) is 5.51. The molecule has 0 fully saturated rings. The van der Waals surface area contributed by atoms with Crippen LogP contribution in [0.3, 0.4) is 0 Å². The summed E-state index contributed by atoms with van der Waals surface area (Å²) in [5.74, 6) is -0.227. The van der Waals surface area contributed by atoms with Crippen molar-refractivity contribution in [3.8, 4) is 11.4 Å². The van der Waals surface area contributed by atoms with Crippen LogP contribution in [0.2, 0.25) is 0 Å². The highest BCUT2D eigenvalue weighted by Crippen LogP contribution is 2.19. The Morgan fingerprint density at radius 2 is 1.73 bits per heavy atom. The van der Waals surface area contributed by atoms with Gasteiger partial charge in [0.2, 0.25) is 0 Å². The molecule has 0 saturated carbocycles. The van der Waals surface area contributed by atoms with Gasteiger partial charge in [0, 0.05) is 11.3 Å². The lowest BCUT2D eigenvalue weighted by molar-refractivity contribution is 0.102. The van der Waals surface area contributed by atoms with E-state index < -0.39 is 0 Å². The molecule has 2 aromatic heterocycles. The Balaban J connectivity index is 1.55. The third kappa shape index (κ3) is 3.02. The van der Waals surface area contributed by atoms with Crippen molar-refractivity contribution < 1.29 is 4.79 Å². The minimum atomic E-state index is -0.227. The first kappa shape index (κ1) is 15.6. The molecule has 0 aliphatic carbocycles. The van der Waals surface area contributed by atoms with E-state index in [1.807, 2.05) is 25.1 Å². The molecule has 2 aromatic carbocycles. The largest absolute Gasteiger partial charge is 0.322 e. The van der Waals surface area contributed by atoms with E-state index in [4.69, 9.17) is 0 Å². The van der Waals surface area contributed by atoms with Crippen molar-refractivity contribution in [1.82, 2.24) is 40.4 Å². The van der Waals surface area contributed by atoms with Gasteiger partial charge in [-0.15, -0.1) is 10.2 Å². The van der Waals surface area contributed by atoms with Crippen LogP contribution in [0.4, 0.5) is 5.69 Å². The topological polar surface area (TPSA) is 116 Å². The van der Waals surface area contributed by atoms with Gasteiger partial charge in [-0.25, -0.2) is 9.36 Å². The van der Waals surface area contributed by atoms with Gasteiger partial charge in [-0.05, 0) is 69.7 Å². The van der Waals surface area contributed by atoms with Gasteiger partial charge >= 0.3 is 0 Å². The van der Waals surface area contributed by atoms with Crippen molar-refractivity contribution >= 4 is 11.6 Å². The normalized spacial score (nSPS) is 10.7. The van der Waals surface area contributed by atoms with Gasteiger partial charge in [0.15, 0.2) is 0 Å². The van der Waals surface area contributed by atoms with E-state index in [-0.39, 0.29) is 5.91 Å². The van der Waals surface area contributed by atoms with Gasteiger partial charge in [-0.3, -0.25) is 4.79 Å². The average molecular weight is 347 g/mol. The highest BCUT2D eigenvalue weighted by atomic mass is 16.1. The Morgan fingerprint density at radius 1 is 0.962 bits per heavy atom. The van der Waals surface area contributed by atoms with E-state index in [1.165, 1.54) is 17.3 Å². The highest BCUT2D eigenvalue weighted by molar-refractivity contribution is 6.04. The number of carbonyl (C=O) groups excluding carboxylic acids is 1. The number of tetrazole rings is 2. The molecular formula is C16H13N9O. The number of benzene rings is 2. The molecule has 0 aliphatic rings. The van der Waals surface area contributed by atoms with Crippen molar-refractivity contribution in [3.63, 3.8) is 0 Å². The van der Waals surface area contributed by atoms with Crippen LogP contribution >= 0.6 is 0 Å². The second-order valence-corrected chi connectivity index (χ2v) is 5.51. The predicted octanol–water partition coefficient (Wildman–Crippen LogP) is 1.20. The third-order valence-corrected chi connectivity index (χ3v) is 3.77. The van der Waals surface area contributed by atoms with Crippen LogP contribution in [0.15, 0.2) is 55.1 Å². The van der Waals surface area contributed by atoms with Gasteiger partial charge in [-0.1, -0.05) is 6.07 Å². The van der Waals surface area contributed by atoms with Gasteiger partial charge in [0.05, 0.1) is 11.4 Å². The van der Waals surface area contributed by atoms with E-state index in [9.17, 15) is 4.79 Å². The van der Waals surface area contributed by atoms with E-state index in [0.717, 1.165) is 11.3 Å². The van der Waals surface area contributed by atoms with Crippen LogP contribution in [0.25, 0.3) is 11.4 Å². The Kier molecular flexibility index (Phi) is 3.90. The van der Waals surface area contributed by atoms with Gasteiger partial charge < -0.3 is 5.32 Å². The van der Waals surface area contributed by atoms with Gasteiger partial charge in [0.25, 0.3) is 5.91 Å². The summed E-state index contributed by atoms with van der Waals surface area (Å²) >= 11 is 0. The Morgan fingerprint density at radius 3 is 2.42 bits per heavy atom. The third-order valence-electron chi connectivity index (χ3n) is 3.77. The van der Waals surface area contributed by atoms with Crippen molar-refractivity contribution in [1.29, 1.82) is 0 Å². The molecule has 10 nitrogen and oxygen atoms in total. The number of carbonyl (C=O) groups is 1. The van der Waals surface area contributed by atoms with E-state index in [1.54, 1.807) is 28.9 Å². The molecule has 0 spiro atoms. The molecule has 1 amide bonds. The summed E-state index contributed by atoms with van der Waals surface area (Å²) in [7, 11) is 0. The number of aryl methyl sites for hydroxylation is 1. The van der Waals surface area contributed by atoms with E-state index >= 15 is 0 Å². The zero-order valence-electron chi connectivity index (χ0n) is 13.7. The molecule has 26 heavy (non-hydrogen) atoms. The minimum absolute atomic E-state index is 0.227. The van der Waals surface area contributed by atoms with E-state index in [0.29, 0.717) is 16.9 Å². The molecule has 0 saturated heterocycles. The average Bonchev–Trinajstić information content (AvgIpc) is 3.36. The molecule has 0 unspecified atom stereocenters. The number of rotatable bonds is 4. The standard InChI is InChI=1S/C16H13N9O/c1-11-7-13(5-6-15(11)25-10-18-21-23-25)19-16(26)12-3-2-4-14(8-12)24-9-17-20-22-24/h2-10H,1H3,(H,19,26). The molecule has 128 valence electrons. The first-order valence-electron chi connectivity index (χ1n) is 7.69. The summed E-state index contributed by atoms with van der Waals surface area (Å²) in [4.78, 5) is 12.6. The SMILES string of the molecule is Cc1cc(NC(=O)c2cccc(-n3cnnn3)c2)ccc1-n1cnnn1. The van der Waals surface area contributed by atoms with Gasteiger partial charge in [-0.2, -0.15) is 0 Å². The van der Waals surface area contributed by atoms with Crippen LogP contribution < -0.4 is 5.32 Å². The first-order valence-corrected chi connectivity index (χ1v) is 7.69. The zero-order chi connectivity index (χ0) is 17.9. The quantitative estimate of drug-likeness (QED) is 0.589. The Hall–Kier alpha value is -3.95. The summed E-state index contributed by atoms with van der Waals surface area (Å²) < 4.78 is 3.05. The number of hydrogen-bond donors (Lipinski definition) is 1. The number of aromatic nitrogens is 8. The van der Waals surface area contributed by atoms with Crippen LogP contribution in [0, 0.1) is 6.92 Å². The molecule has 10 heteroatoms. The van der Waals surface area contributed by atoms with Crippen LogP contribution in [0.1, 0.15) is 15.9 Å². The monoisotopic (exact) mass is 347 g/mol. The maximum absolute atomic E-state index is 12.6. The predicted molar refractivity (Wildman–Crippen MR) is 91.0 cm³/mol.